The molecule has 0 unspecified atom stereocenters. The van der Waals surface area contributed by atoms with Crippen LogP contribution in [0.2, 0.25) is 5.02 Å². The molecule has 0 saturated carbocycles. The predicted octanol–water partition coefficient (Wildman–Crippen LogP) is 2.25. The van der Waals surface area contributed by atoms with Gasteiger partial charge in [-0.05, 0) is 18.2 Å². The quantitative estimate of drug-likeness (QED) is 0.588. The summed E-state index contributed by atoms with van der Waals surface area (Å²) in [6.07, 6.45) is -0.775. The van der Waals surface area contributed by atoms with Crippen molar-refractivity contribution in [3.05, 3.63) is 47.5 Å². The molecular formula is C13H12ClF2N5O. The van der Waals surface area contributed by atoms with E-state index in [0.29, 0.717) is 22.0 Å². The number of benzene rings is 1. The molecule has 116 valence electrons. The first-order valence-electron chi connectivity index (χ1n) is 5.98. The Morgan fingerprint density at radius 3 is 2.68 bits per heavy atom. The third kappa shape index (κ3) is 3.60. The van der Waals surface area contributed by atoms with E-state index in [0.717, 1.165) is 17.5 Å². The molecule has 0 amide bonds. The van der Waals surface area contributed by atoms with Gasteiger partial charge in [-0.15, -0.1) is 0 Å². The topological polar surface area (TPSA) is 101 Å². The molecule has 0 radical (unpaired) electrons. The van der Waals surface area contributed by atoms with Gasteiger partial charge < -0.3 is 10.8 Å². The number of hydrazine groups is 1. The number of alkyl halides is 2. The summed E-state index contributed by atoms with van der Waals surface area (Å²) < 4.78 is 25.0. The number of allylic oxidation sites excluding steroid dienone is 1. The molecule has 0 aliphatic heterocycles. The average Bonchev–Trinajstić information content (AvgIpc) is 2.46. The number of aromatic nitrogens is 2. The standard InChI is InChI=1S/C13H12ClF2N5O/c14-7-1-2-11(21(18)5-9(17)13(15)16)8(3-7)10-4-12(22)20-6-19-10/h1-6,13H,17-18H2,(H,19,20,22)/b9-5-. The molecule has 6 nitrogen and oxygen atoms in total. The number of halogens is 3. The van der Waals surface area contributed by atoms with Gasteiger partial charge in [-0.3, -0.25) is 5.01 Å². The van der Waals surface area contributed by atoms with Crippen LogP contribution >= 0.6 is 11.6 Å². The largest absolute Gasteiger partial charge is 0.493 e. The maximum Gasteiger partial charge on any atom is 0.279 e. The second-order valence-corrected chi connectivity index (χ2v) is 4.70. The second-order valence-electron chi connectivity index (χ2n) is 4.26. The molecule has 0 saturated heterocycles. The highest BCUT2D eigenvalue weighted by Gasteiger charge is 2.14. The first-order chi connectivity index (χ1) is 10.4. The number of aromatic hydroxyl groups is 1. The molecule has 1 aromatic heterocycles. The normalized spacial score (nSPS) is 11.8. The smallest absolute Gasteiger partial charge is 0.279 e. The van der Waals surface area contributed by atoms with Crippen molar-refractivity contribution in [2.75, 3.05) is 5.01 Å². The van der Waals surface area contributed by atoms with E-state index in [1.807, 2.05) is 0 Å². The first kappa shape index (κ1) is 15.9. The van der Waals surface area contributed by atoms with Gasteiger partial charge in [-0.25, -0.2) is 24.6 Å². The van der Waals surface area contributed by atoms with Crippen molar-refractivity contribution >= 4 is 17.3 Å². The number of anilines is 1. The fourth-order valence-corrected chi connectivity index (χ4v) is 1.89. The van der Waals surface area contributed by atoms with E-state index in [1.54, 1.807) is 0 Å². The highest BCUT2D eigenvalue weighted by atomic mass is 35.5. The minimum absolute atomic E-state index is 0.248. The van der Waals surface area contributed by atoms with E-state index >= 15 is 0 Å². The molecule has 1 aromatic carbocycles. The van der Waals surface area contributed by atoms with Gasteiger partial charge >= 0.3 is 0 Å². The van der Waals surface area contributed by atoms with Crippen molar-refractivity contribution in [2.45, 2.75) is 6.43 Å². The van der Waals surface area contributed by atoms with Gasteiger partial charge in [0, 0.05) is 22.9 Å². The Labute approximate surface area is 129 Å². The number of hydrogen-bond acceptors (Lipinski definition) is 6. The van der Waals surface area contributed by atoms with E-state index < -0.39 is 12.1 Å². The molecule has 0 aliphatic carbocycles. The Kier molecular flexibility index (Phi) is 4.74. The lowest BCUT2D eigenvalue weighted by atomic mass is 10.1. The lowest BCUT2D eigenvalue weighted by Gasteiger charge is -2.19. The minimum Gasteiger partial charge on any atom is -0.493 e. The van der Waals surface area contributed by atoms with Gasteiger partial charge in [0.05, 0.1) is 17.1 Å². The van der Waals surface area contributed by atoms with Gasteiger partial charge in [0.1, 0.15) is 6.33 Å². The molecule has 9 heteroatoms. The molecule has 0 atom stereocenters. The molecule has 0 spiro atoms. The molecule has 5 N–H and O–H groups in total. The van der Waals surface area contributed by atoms with Crippen LogP contribution in [0.15, 0.2) is 42.5 Å². The van der Waals surface area contributed by atoms with E-state index in [9.17, 15) is 13.9 Å². The monoisotopic (exact) mass is 327 g/mol. The van der Waals surface area contributed by atoms with E-state index in [4.69, 9.17) is 23.2 Å². The summed E-state index contributed by atoms with van der Waals surface area (Å²) in [5, 5.41) is 10.8. The zero-order valence-electron chi connectivity index (χ0n) is 11.1. The van der Waals surface area contributed by atoms with Gasteiger partial charge in [0.2, 0.25) is 5.88 Å². The molecular weight excluding hydrogens is 316 g/mol. The fourth-order valence-electron chi connectivity index (χ4n) is 1.72. The van der Waals surface area contributed by atoms with Gasteiger partial charge in [-0.1, -0.05) is 11.6 Å². The van der Waals surface area contributed by atoms with Crippen molar-refractivity contribution in [3.8, 4) is 17.1 Å². The van der Waals surface area contributed by atoms with Crippen molar-refractivity contribution in [2.24, 2.45) is 11.6 Å². The molecule has 22 heavy (non-hydrogen) atoms. The average molecular weight is 328 g/mol. The van der Waals surface area contributed by atoms with Gasteiger partial charge in [-0.2, -0.15) is 0 Å². The van der Waals surface area contributed by atoms with Crippen LogP contribution in [-0.2, 0) is 0 Å². The maximum absolute atomic E-state index is 12.5. The summed E-state index contributed by atoms with van der Waals surface area (Å²) in [6, 6.07) is 5.88. The number of hydrogen-bond donors (Lipinski definition) is 3. The van der Waals surface area contributed by atoms with Crippen LogP contribution in [0.3, 0.4) is 0 Å². The highest BCUT2D eigenvalue weighted by molar-refractivity contribution is 6.31. The van der Waals surface area contributed by atoms with Crippen molar-refractivity contribution in [1.82, 2.24) is 9.97 Å². The molecule has 2 aromatic rings. The van der Waals surface area contributed by atoms with Crippen LogP contribution in [0.1, 0.15) is 0 Å². The zero-order valence-corrected chi connectivity index (χ0v) is 11.9. The summed E-state index contributed by atoms with van der Waals surface area (Å²) in [5.41, 5.74) is 5.58. The Morgan fingerprint density at radius 2 is 2.05 bits per heavy atom. The van der Waals surface area contributed by atoms with Crippen molar-refractivity contribution in [1.29, 1.82) is 0 Å². The summed E-state index contributed by atoms with van der Waals surface area (Å²) in [6.45, 7) is 0. The Morgan fingerprint density at radius 1 is 1.32 bits per heavy atom. The molecule has 2 rings (SSSR count). The SMILES string of the molecule is N/C(=C\N(N)c1ccc(Cl)cc1-c1cc(O)ncn1)C(F)F. The number of nitrogens with zero attached hydrogens (tertiary/aromatic N) is 3. The van der Waals surface area contributed by atoms with Crippen LogP contribution < -0.4 is 16.6 Å². The van der Waals surface area contributed by atoms with Crippen molar-refractivity contribution in [3.63, 3.8) is 0 Å². The van der Waals surface area contributed by atoms with E-state index in [1.165, 1.54) is 24.3 Å². The summed E-state index contributed by atoms with van der Waals surface area (Å²) in [7, 11) is 0. The van der Waals surface area contributed by atoms with E-state index in [-0.39, 0.29) is 5.88 Å². The number of nitrogens with two attached hydrogens (primary N) is 2. The van der Waals surface area contributed by atoms with Crippen LogP contribution in [-0.4, -0.2) is 21.5 Å². The third-order valence-corrected chi connectivity index (χ3v) is 2.94. The number of rotatable bonds is 4. The summed E-state index contributed by atoms with van der Waals surface area (Å²) in [4.78, 5) is 7.57. The Balaban J connectivity index is 2.51. The fraction of sp³-hybridized carbons (Fsp3) is 0.0769. The maximum atomic E-state index is 12.5. The van der Waals surface area contributed by atoms with Crippen LogP contribution in [0.5, 0.6) is 5.88 Å². The van der Waals surface area contributed by atoms with Gasteiger partial charge in [0.15, 0.2) is 0 Å². The van der Waals surface area contributed by atoms with Gasteiger partial charge in [0.25, 0.3) is 6.43 Å². The Bertz CT molecular complexity index is 711. The van der Waals surface area contributed by atoms with Crippen LogP contribution in [0, 0.1) is 0 Å². The lowest BCUT2D eigenvalue weighted by molar-refractivity contribution is 0.187. The second kappa shape index (κ2) is 6.54. The summed E-state index contributed by atoms with van der Waals surface area (Å²) >= 11 is 5.94. The third-order valence-electron chi connectivity index (χ3n) is 2.71. The zero-order chi connectivity index (χ0) is 16.3. The molecule has 0 aliphatic rings. The predicted molar refractivity (Wildman–Crippen MR) is 79.1 cm³/mol. The molecule has 0 fully saturated rings. The lowest BCUT2D eigenvalue weighted by Crippen LogP contribution is -2.27. The van der Waals surface area contributed by atoms with Crippen LogP contribution in [0.4, 0.5) is 14.5 Å². The van der Waals surface area contributed by atoms with Crippen molar-refractivity contribution < 1.29 is 13.9 Å². The highest BCUT2D eigenvalue weighted by Crippen LogP contribution is 2.32. The molecule has 1 heterocycles. The van der Waals surface area contributed by atoms with Crippen LogP contribution in [0.25, 0.3) is 11.3 Å². The molecule has 0 bridgehead atoms. The summed E-state index contributed by atoms with van der Waals surface area (Å²) in [5.74, 6) is 5.51. The minimum atomic E-state index is -2.83. The van der Waals surface area contributed by atoms with E-state index in [2.05, 4.69) is 9.97 Å². The first-order valence-corrected chi connectivity index (χ1v) is 6.36. The Hall–Kier alpha value is -2.45.